The number of hydrogen-bond donors (Lipinski definition) is 1. The van der Waals surface area contributed by atoms with Crippen molar-refractivity contribution in [2.45, 2.75) is 59.8 Å². The molecule has 18 heavy (non-hydrogen) atoms. The molecule has 3 nitrogen and oxygen atoms in total. The monoisotopic (exact) mass is 252 g/mol. The van der Waals surface area contributed by atoms with E-state index in [-0.39, 0.29) is 34.4 Å². The zero-order valence-corrected chi connectivity index (χ0v) is 11.9. The summed E-state index contributed by atoms with van der Waals surface area (Å²) < 4.78 is 0. The van der Waals surface area contributed by atoms with Crippen LogP contribution in [0.15, 0.2) is 0 Å². The van der Waals surface area contributed by atoms with Gasteiger partial charge in [0.1, 0.15) is 5.78 Å². The van der Waals surface area contributed by atoms with E-state index in [0.29, 0.717) is 0 Å². The molecule has 1 N–H and O–H groups in total. The number of carboxylic acid groups (broad SMARTS) is 1. The Morgan fingerprint density at radius 1 is 1.22 bits per heavy atom. The third-order valence-corrected chi connectivity index (χ3v) is 5.81. The molecule has 102 valence electrons. The molecule has 0 aromatic carbocycles. The second-order valence-corrected chi connectivity index (χ2v) is 7.21. The molecule has 0 unspecified atom stereocenters. The Balaban J connectivity index is 2.40. The molecule has 0 aromatic rings. The molecule has 0 heterocycles. The van der Waals surface area contributed by atoms with Gasteiger partial charge in [0.15, 0.2) is 0 Å². The summed E-state index contributed by atoms with van der Waals surface area (Å²) in [5.74, 6) is -0.414. The Bertz CT molecular complexity index is 399. The SMILES string of the molecule is CC(=O)[C@@H]1C[C@@]12C(C)(C)CCC[C@@]2(C)CC(=O)O. The Kier molecular flexibility index (Phi) is 2.88. The van der Waals surface area contributed by atoms with Gasteiger partial charge in [-0.15, -0.1) is 0 Å². The van der Waals surface area contributed by atoms with Gasteiger partial charge in [-0.25, -0.2) is 0 Å². The van der Waals surface area contributed by atoms with Crippen molar-refractivity contribution in [2.24, 2.45) is 22.2 Å². The molecule has 1 spiro atoms. The molecule has 0 amide bonds. The van der Waals surface area contributed by atoms with Crippen molar-refractivity contribution in [2.75, 3.05) is 0 Å². The van der Waals surface area contributed by atoms with Crippen LogP contribution in [0.4, 0.5) is 0 Å². The minimum Gasteiger partial charge on any atom is -0.481 e. The predicted molar refractivity (Wildman–Crippen MR) is 69.2 cm³/mol. The number of aliphatic carboxylic acids is 1. The molecule has 0 saturated heterocycles. The van der Waals surface area contributed by atoms with E-state index in [1.807, 2.05) is 0 Å². The normalized spacial score (nSPS) is 41.7. The standard InChI is InChI=1S/C15H24O3/c1-10(16)11-8-15(11)13(2,3)6-5-7-14(15,4)9-12(17)18/h11H,5-9H2,1-4H3,(H,17,18)/t11-,14-,15-/m0/s1. The zero-order valence-electron chi connectivity index (χ0n) is 11.9. The number of hydrogen-bond acceptors (Lipinski definition) is 2. The summed E-state index contributed by atoms with van der Waals surface area (Å²) in [5.41, 5.74) is -0.231. The topological polar surface area (TPSA) is 54.4 Å². The fourth-order valence-electron chi connectivity index (χ4n) is 4.93. The highest BCUT2D eigenvalue weighted by Crippen LogP contribution is 2.77. The summed E-state index contributed by atoms with van der Waals surface area (Å²) >= 11 is 0. The van der Waals surface area contributed by atoms with Gasteiger partial charge in [-0.1, -0.05) is 27.2 Å². The summed E-state index contributed by atoms with van der Waals surface area (Å²) in [4.78, 5) is 23.0. The summed E-state index contributed by atoms with van der Waals surface area (Å²) in [7, 11) is 0. The van der Waals surface area contributed by atoms with Gasteiger partial charge in [-0.05, 0) is 42.4 Å². The Morgan fingerprint density at radius 3 is 2.28 bits per heavy atom. The smallest absolute Gasteiger partial charge is 0.303 e. The molecule has 0 aromatic heterocycles. The number of carbonyl (C=O) groups excluding carboxylic acids is 1. The average molecular weight is 252 g/mol. The molecular formula is C15H24O3. The van der Waals surface area contributed by atoms with E-state index >= 15 is 0 Å². The molecular weight excluding hydrogens is 228 g/mol. The van der Waals surface area contributed by atoms with Gasteiger partial charge in [0, 0.05) is 5.92 Å². The third kappa shape index (κ3) is 1.63. The molecule has 3 atom stereocenters. The minimum atomic E-state index is -0.733. The van der Waals surface area contributed by atoms with Crippen molar-refractivity contribution in [3.05, 3.63) is 0 Å². The van der Waals surface area contributed by atoms with Gasteiger partial charge in [-0.2, -0.15) is 0 Å². The Hall–Kier alpha value is -0.860. The van der Waals surface area contributed by atoms with E-state index < -0.39 is 5.97 Å². The van der Waals surface area contributed by atoms with Gasteiger partial charge in [0.2, 0.25) is 0 Å². The van der Waals surface area contributed by atoms with Gasteiger partial charge < -0.3 is 5.11 Å². The van der Waals surface area contributed by atoms with Gasteiger partial charge in [0.05, 0.1) is 6.42 Å². The number of carboxylic acids is 1. The van der Waals surface area contributed by atoms with Gasteiger partial charge >= 0.3 is 5.97 Å². The number of carbonyl (C=O) groups is 2. The van der Waals surface area contributed by atoms with Gasteiger partial charge in [0.25, 0.3) is 0 Å². The lowest BCUT2D eigenvalue weighted by atomic mass is 9.51. The zero-order chi connectivity index (χ0) is 13.8. The number of rotatable bonds is 3. The first-order chi connectivity index (χ1) is 8.16. The first-order valence-corrected chi connectivity index (χ1v) is 6.89. The van der Waals surface area contributed by atoms with Crippen molar-refractivity contribution >= 4 is 11.8 Å². The number of Topliss-reactive ketones (excluding diaryl/α,β-unsaturated/α-hetero) is 1. The quantitative estimate of drug-likeness (QED) is 0.838. The molecule has 0 radical (unpaired) electrons. The molecule has 2 saturated carbocycles. The molecule has 0 aliphatic heterocycles. The maximum Gasteiger partial charge on any atom is 0.303 e. The minimum absolute atomic E-state index is 0.0752. The van der Waals surface area contributed by atoms with Crippen LogP contribution in [-0.2, 0) is 9.59 Å². The highest BCUT2D eigenvalue weighted by atomic mass is 16.4. The van der Waals surface area contributed by atoms with Crippen LogP contribution in [-0.4, -0.2) is 16.9 Å². The summed E-state index contributed by atoms with van der Waals surface area (Å²) in [6, 6.07) is 0. The molecule has 2 aliphatic rings. The van der Waals surface area contributed by atoms with Gasteiger partial charge in [-0.3, -0.25) is 9.59 Å². The molecule has 3 heteroatoms. The first kappa shape index (κ1) is 13.6. The first-order valence-electron chi connectivity index (χ1n) is 6.89. The van der Waals surface area contributed by atoms with Crippen LogP contribution in [0.5, 0.6) is 0 Å². The van der Waals surface area contributed by atoms with Crippen LogP contribution in [0.1, 0.15) is 59.8 Å². The fraction of sp³-hybridized carbons (Fsp3) is 0.867. The number of ketones is 1. The maximum absolute atomic E-state index is 11.8. The lowest BCUT2D eigenvalue weighted by Crippen LogP contribution is -2.47. The molecule has 2 rings (SSSR count). The van der Waals surface area contributed by atoms with E-state index in [0.717, 1.165) is 25.7 Å². The Morgan fingerprint density at radius 2 is 1.83 bits per heavy atom. The van der Waals surface area contributed by atoms with E-state index in [1.165, 1.54) is 0 Å². The molecule has 0 bridgehead atoms. The van der Waals surface area contributed by atoms with E-state index in [2.05, 4.69) is 20.8 Å². The lowest BCUT2D eigenvalue weighted by molar-refractivity contribution is -0.146. The van der Waals surface area contributed by atoms with Crippen LogP contribution >= 0.6 is 0 Å². The van der Waals surface area contributed by atoms with E-state index in [4.69, 9.17) is 0 Å². The highest BCUT2D eigenvalue weighted by Gasteiger charge is 2.73. The van der Waals surface area contributed by atoms with Crippen LogP contribution in [0, 0.1) is 22.2 Å². The summed E-state index contributed by atoms with van der Waals surface area (Å²) in [5, 5.41) is 9.20. The van der Waals surface area contributed by atoms with Crippen molar-refractivity contribution < 1.29 is 14.7 Å². The molecule has 2 fully saturated rings. The van der Waals surface area contributed by atoms with Crippen LogP contribution in [0.25, 0.3) is 0 Å². The van der Waals surface area contributed by atoms with Crippen molar-refractivity contribution in [1.82, 2.24) is 0 Å². The summed E-state index contributed by atoms with van der Waals surface area (Å²) in [6.45, 7) is 8.18. The van der Waals surface area contributed by atoms with E-state index in [9.17, 15) is 14.7 Å². The van der Waals surface area contributed by atoms with Crippen molar-refractivity contribution in [3.63, 3.8) is 0 Å². The average Bonchev–Trinajstić information content (AvgIpc) is 2.90. The lowest BCUT2D eigenvalue weighted by Gasteiger charge is -2.52. The van der Waals surface area contributed by atoms with Crippen molar-refractivity contribution in [3.8, 4) is 0 Å². The largest absolute Gasteiger partial charge is 0.481 e. The summed E-state index contributed by atoms with van der Waals surface area (Å²) in [6.07, 6.45) is 4.20. The van der Waals surface area contributed by atoms with Crippen LogP contribution in [0.3, 0.4) is 0 Å². The van der Waals surface area contributed by atoms with E-state index in [1.54, 1.807) is 6.92 Å². The highest BCUT2D eigenvalue weighted by molar-refractivity contribution is 5.83. The van der Waals surface area contributed by atoms with Crippen LogP contribution in [0.2, 0.25) is 0 Å². The van der Waals surface area contributed by atoms with Crippen molar-refractivity contribution in [1.29, 1.82) is 0 Å². The fourth-order valence-corrected chi connectivity index (χ4v) is 4.93. The third-order valence-electron chi connectivity index (χ3n) is 5.81. The Labute approximate surface area is 109 Å². The predicted octanol–water partition coefficient (Wildman–Crippen LogP) is 3.27. The second-order valence-electron chi connectivity index (χ2n) is 7.21. The van der Waals surface area contributed by atoms with Crippen LogP contribution < -0.4 is 0 Å². The second kappa shape index (κ2) is 3.82. The molecule has 2 aliphatic carbocycles. The maximum atomic E-state index is 11.8.